The molecule has 6 heteroatoms. The van der Waals surface area contributed by atoms with Crippen LogP contribution in [-0.4, -0.2) is 58.0 Å². The fourth-order valence-corrected chi connectivity index (χ4v) is 3.11. The van der Waals surface area contributed by atoms with Crippen molar-refractivity contribution in [1.29, 1.82) is 0 Å². The smallest absolute Gasteiger partial charge is 0.147 e. The molecule has 1 N–H and O–H groups in total. The molecule has 0 aliphatic rings. The van der Waals surface area contributed by atoms with Crippen LogP contribution in [0.3, 0.4) is 0 Å². The Morgan fingerprint density at radius 2 is 1.69 bits per heavy atom. The van der Waals surface area contributed by atoms with Crippen LogP contribution in [0.1, 0.15) is 65.7 Å². The molecule has 0 saturated heterocycles. The summed E-state index contributed by atoms with van der Waals surface area (Å²) < 4.78 is 21.3. The van der Waals surface area contributed by atoms with Crippen LogP contribution in [0.2, 0.25) is 0 Å². The molecule has 0 spiro atoms. The highest BCUT2D eigenvalue weighted by atomic mass is 16.7. The zero-order chi connectivity index (χ0) is 21.9. The third-order valence-corrected chi connectivity index (χ3v) is 4.76. The highest BCUT2D eigenvalue weighted by Crippen LogP contribution is 2.21. The molecule has 0 rings (SSSR count). The molecule has 0 aromatic carbocycles. The lowest BCUT2D eigenvalue weighted by molar-refractivity contribution is -0.117. The molecule has 0 bridgehead atoms. The van der Waals surface area contributed by atoms with Gasteiger partial charge in [0, 0.05) is 33.9 Å². The second-order valence-electron chi connectivity index (χ2n) is 7.57. The van der Waals surface area contributed by atoms with E-state index in [-0.39, 0.29) is 38.0 Å². The number of rotatable bonds is 19. The Balaban J connectivity index is 4.73. The maximum absolute atomic E-state index is 11.0. The van der Waals surface area contributed by atoms with Gasteiger partial charge in [0.05, 0.1) is 6.10 Å². The summed E-state index contributed by atoms with van der Waals surface area (Å²) in [5.74, 6) is 0.398. The molecule has 0 aromatic rings. The van der Waals surface area contributed by atoms with E-state index in [4.69, 9.17) is 18.9 Å². The van der Waals surface area contributed by atoms with Crippen molar-refractivity contribution in [3.8, 4) is 0 Å². The summed E-state index contributed by atoms with van der Waals surface area (Å²) in [7, 11) is 3.21. The third-order valence-electron chi connectivity index (χ3n) is 4.76. The van der Waals surface area contributed by atoms with E-state index in [2.05, 4.69) is 26.0 Å². The number of hydrogen-bond acceptors (Lipinski definition) is 6. The van der Waals surface area contributed by atoms with Gasteiger partial charge in [-0.05, 0) is 65.2 Å². The van der Waals surface area contributed by atoms with Gasteiger partial charge in [0.25, 0.3) is 0 Å². The van der Waals surface area contributed by atoms with E-state index >= 15 is 0 Å². The molecule has 0 heterocycles. The van der Waals surface area contributed by atoms with Gasteiger partial charge in [-0.15, -0.1) is 0 Å². The van der Waals surface area contributed by atoms with Crippen molar-refractivity contribution >= 4 is 5.78 Å². The molecule has 0 radical (unpaired) electrons. The van der Waals surface area contributed by atoms with Crippen molar-refractivity contribution < 1.29 is 28.8 Å². The molecule has 0 aromatic heterocycles. The van der Waals surface area contributed by atoms with E-state index in [9.17, 15) is 9.90 Å². The number of ether oxygens (including phenoxy) is 4. The van der Waals surface area contributed by atoms with E-state index in [1.54, 1.807) is 21.1 Å². The minimum absolute atomic E-state index is 0.108. The summed E-state index contributed by atoms with van der Waals surface area (Å²) in [6.07, 6.45) is 10.2. The van der Waals surface area contributed by atoms with Gasteiger partial charge in [0.1, 0.15) is 19.4 Å². The molecule has 0 unspecified atom stereocenters. The van der Waals surface area contributed by atoms with Crippen LogP contribution in [-0.2, 0) is 23.7 Å². The topological polar surface area (TPSA) is 74.2 Å². The fourth-order valence-electron chi connectivity index (χ4n) is 3.11. The Hall–Kier alpha value is -1.05. The van der Waals surface area contributed by atoms with Gasteiger partial charge in [-0.2, -0.15) is 0 Å². The van der Waals surface area contributed by atoms with E-state index in [0.29, 0.717) is 19.4 Å². The van der Waals surface area contributed by atoms with E-state index in [0.717, 1.165) is 32.1 Å². The van der Waals surface area contributed by atoms with Crippen LogP contribution in [0.15, 0.2) is 23.3 Å². The number of ketones is 1. The third kappa shape index (κ3) is 16.4. The van der Waals surface area contributed by atoms with E-state index in [1.807, 2.05) is 0 Å². The molecule has 6 nitrogen and oxygen atoms in total. The zero-order valence-electron chi connectivity index (χ0n) is 19.1. The normalized spacial score (nSPS) is 14.8. The molecule has 0 aliphatic carbocycles. The molecular formula is C23H42O6. The standard InChI is InChI=1S/C23H42O6/c1-19(9-7-11-21(3)25)8-6-10-20(2)16-23(29-18-27-5)22(12-14-24)13-15-28-17-26-4/h8,16,22-24H,6-7,9-15,17-18H2,1-5H3/b19-8+,20-16+/t22-,23+/m0/s1. The molecule has 0 amide bonds. The first-order valence-corrected chi connectivity index (χ1v) is 10.5. The Bertz CT molecular complexity index is 472. The quantitative estimate of drug-likeness (QED) is 0.192. The predicted octanol–water partition coefficient (Wildman–Crippen LogP) is 4.42. The minimum Gasteiger partial charge on any atom is -0.396 e. The maximum atomic E-state index is 11.0. The zero-order valence-corrected chi connectivity index (χ0v) is 19.1. The van der Waals surface area contributed by atoms with Crippen LogP contribution in [0.25, 0.3) is 0 Å². The summed E-state index contributed by atoms with van der Waals surface area (Å²) in [6.45, 7) is 7.02. The Labute approximate surface area is 177 Å². The number of Topliss-reactive ketones (excluding diaryl/α,β-unsaturated/α-hetero) is 1. The van der Waals surface area contributed by atoms with Crippen LogP contribution in [0.5, 0.6) is 0 Å². The van der Waals surface area contributed by atoms with Crippen molar-refractivity contribution in [2.45, 2.75) is 71.8 Å². The first-order chi connectivity index (χ1) is 13.9. The first kappa shape index (κ1) is 27.9. The molecule has 170 valence electrons. The second kappa shape index (κ2) is 18.9. The number of hydrogen-bond donors (Lipinski definition) is 1. The minimum atomic E-state index is -0.131. The van der Waals surface area contributed by atoms with Gasteiger partial charge < -0.3 is 28.8 Å². The number of aliphatic hydroxyl groups excluding tert-OH is 1. The summed E-state index contributed by atoms with van der Waals surface area (Å²) in [5, 5.41) is 9.45. The van der Waals surface area contributed by atoms with Gasteiger partial charge in [-0.3, -0.25) is 0 Å². The van der Waals surface area contributed by atoms with Crippen molar-refractivity contribution in [3.63, 3.8) is 0 Å². The van der Waals surface area contributed by atoms with Gasteiger partial charge in [-0.1, -0.05) is 23.3 Å². The van der Waals surface area contributed by atoms with Gasteiger partial charge in [-0.25, -0.2) is 0 Å². The van der Waals surface area contributed by atoms with Crippen LogP contribution >= 0.6 is 0 Å². The van der Waals surface area contributed by atoms with Crippen molar-refractivity contribution in [3.05, 3.63) is 23.3 Å². The average Bonchev–Trinajstić information content (AvgIpc) is 2.67. The maximum Gasteiger partial charge on any atom is 0.147 e. The lowest BCUT2D eigenvalue weighted by Gasteiger charge is -2.25. The van der Waals surface area contributed by atoms with Crippen molar-refractivity contribution in [2.75, 3.05) is 41.0 Å². The van der Waals surface area contributed by atoms with Crippen molar-refractivity contribution in [1.82, 2.24) is 0 Å². The van der Waals surface area contributed by atoms with E-state index in [1.165, 1.54) is 11.1 Å². The lowest BCUT2D eigenvalue weighted by Crippen LogP contribution is -2.26. The van der Waals surface area contributed by atoms with Crippen LogP contribution in [0.4, 0.5) is 0 Å². The average molecular weight is 415 g/mol. The molecule has 0 aliphatic heterocycles. The van der Waals surface area contributed by atoms with Crippen molar-refractivity contribution in [2.24, 2.45) is 5.92 Å². The van der Waals surface area contributed by atoms with Crippen LogP contribution < -0.4 is 0 Å². The molecule has 0 saturated carbocycles. The van der Waals surface area contributed by atoms with Gasteiger partial charge in [0.15, 0.2) is 0 Å². The largest absolute Gasteiger partial charge is 0.396 e. The highest BCUT2D eigenvalue weighted by molar-refractivity contribution is 5.75. The number of methoxy groups -OCH3 is 2. The fraction of sp³-hybridized carbons (Fsp3) is 0.783. The molecular weight excluding hydrogens is 372 g/mol. The monoisotopic (exact) mass is 414 g/mol. The Morgan fingerprint density at radius 3 is 2.31 bits per heavy atom. The number of carbonyl (C=O) groups excluding carboxylic acids is 1. The Kier molecular flexibility index (Phi) is 18.3. The summed E-state index contributed by atoms with van der Waals surface area (Å²) >= 11 is 0. The highest BCUT2D eigenvalue weighted by Gasteiger charge is 2.20. The van der Waals surface area contributed by atoms with E-state index < -0.39 is 0 Å². The molecule has 0 fully saturated rings. The lowest BCUT2D eigenvalue weighted by atomic mass is 9.93. The molecule has 2 atom stereocenters. The predicted molar refractivity (Wildman–Crippen MR) is 116 cm³/mol. The summed E-state index contributed by atoms with van der Waals surface area (Å²) in [4.78, 5) is 11.0. The SMILES string of the molecule is COCOCC[C@H](CCO)[C@@H](/C=C(\C)CC/C=C(\C)CCCC(C)=O)OCOC. The van der Waals surface area contributed by atoms with Gasteiger partial charge >= 0.3 is 0 Å². The second-order valence-corrected chi connectivity index (χ2v) is 7.57. The number of carbonyl (C=O) groups is 1. The number of allylic oxidation sites excluding steroid dienone is 3. The first-order valence-electron chi connectivity index (χ1n) is 10.5. The Morgan fingerprint density at radius 1 is 0.966 bits per heavy atom. The van der Waals surface area contributed by atoms with Crippen LogP contribution in [0, 0.1) is 5.92 Å². The van der Waals surface area contributed by atoms with Gasteiger partial charge in [0.2, 0.25) is 0 Å². The summed E-state index contributed by atoms with van der Waals surface area (Å²) in [6, 6.07) is 0. The number of aliphatic hydroxyl groups is 1. The molecule has 29 heavy (non-hydrogen) atoms. The summed E-state index contributed by atoms with van der Waals surface area (Å²) in [5.41, 5.74) is 2.58.